The Bertz CT molecular complexity index is 1230. The number of benzene rings is 3. The van der Waals surface area contributed by atoms with E-state index in [0.717, 1.165) is 17.3 Å². The Morgan fingerprint density at radius 2 is 1.80 bits per heavy atom. The summed E-state index contributed by atoms with van der Waals surface area (Å²) in [5, 5.41) is 2.31. The number of carbonyl (C=O) groups is 2. The molecular weight excluding hydrogens is 472 g/mol. The van der Waals surface area contributed by atoms with Gasteiger partial charge in [0.15, 0.2) is 5.17 Å². The lowest BCUT2D eigenvalue weighted by molar-refractivity contribution is -0.129. The van der Waals surface area contributed by atoms with Crippen molar-refractivity contribution in [3.05, 3.63) is 90.0 Å². The fourth-order valence-electron chi connectivity index (χ4n) is 3.50. The summed E-state index contributed by atoms with van der Waals surface area (Å²) in [4.78, 5) is 31.9. The number of rotatable bonds is 7. The second-order valence-electron chi connectivity index (χ2n) is 7.80. The number of aliphatic imine (C=N–C) groups is 1. The number of hydrogen-bond donors (Lipinski definition) is 1. The van der Waals surface area contributed by atoms with Crippen LogP contribution in [0, 0.1) is 11.6 Å². The normalized spacial score (nSPS) is 16.9. The SMILES string of the molecule is COc1ccc(NC(=O)C2CC(=O)N(CCc3ccc(F)cc3)C(=Nc3ccccc3F)S2)cc1. The third-order valence-corrected chi connectivity index (χ3v) is 6.58. The topological polar surface area (TPSA) is 71.0 Å². The molecule has 3 aromatic rings. The second kappa shape index (κ2) is 11.1. The molecule has 1 aliphatic heterocycles. The Hall–Kier alpha value is -3.72. The van der Waals surface area contributed by atoms with Gasteiger partial charge in [0.2, 0.25) is 11.8 Å². The van der Waals surface area contributed by atoms with Crippen molar-refractivity contribution in [3.8, 4) is 5.75 Å². The molecule has 3 aromatic carbocycles. The Balaban J connectivity index is 1.54. The molecule has 0 saturated carbocycles. The monoisotopic (exact) mass is 495 g/mol. The highest BCUT2D eigenvalue weighted by Crippen LogP contribution is 2.31. The van der Waals surface area contributed by atoms with Crippen molar-refractivity contribution in [2.24, 2.45) is 4.99 Å². The molecule has 0 aliphatic carbocycles. The fraction of sp³-hybridized carbons (Fsp3) is 0.192. The lowest BCUT2D eigenvalue weighted by atomic mass is 10.1. The van der Waals surface area contributed by atoms with E-state index in [1.165, 1.54) is 29.2 Å². The van der Waals surface area contributed by atoms with Gasteiger partial charge in [-0.1, -0.05) is 36.0 Å². The maximum Gasteiger partial charge on any atom is 0.238 e. The number of anilines is 1. The van der Waals surface area contributed by atoms with Crippen LogP contribution in [-0.2, 0) is 16.0 Å². The van der Waals surface area contributed by atoms with Crippen molar-refractivity contribution in [2.75, 3.05) is 19.0 Å². The van der Waals surface area contributed by atoms with E-state index in [1.54, 1.807) is 55.6 Å². The Labute approximate surface area is 206 Å². The van der Waals surface area contributed by atoms with E-state index in [1.807, 2.05) is 0 Å². The zero-order chi connectivity index (χ0) is 24.8. The predicted octanol–water partition coefficient (Wildman–Crippen LogP) is 5.18. The van der Waals surface area contributed by atoms with Crippen molar-refractivity contribution >= 4 is 40.1 Å². The summed E-state index contributed by atoms with van der Waals surface area (Å²) < 4.78 is 32.7. The number of amidine groups is 1. The van der Waals surface area contributed by atoms with Gasteiger partial charge in [0.25, 0.3) is 0 Å². The summed E-state index contributed by atoms with van der Waals surface area (Å²) in [6.07, 6.45) is 0.415. The van der Waals surface area contributed by atoms with Gasteiger partial charge in [-0.05, 0) is 60.5 Å². The highest BCUT2D eigenvalue weighted by molar-refractivity contribution is 8.15. The average Bonchev–Trinajstić information content (AvgIpc) is 2.86. The smallest absolute Gasteiger partial charge is 0.238 e. The molecule has 1 saturated heterocycles. The minimum Gasteiger partial charge on any atom is -0.497 e. The van der Waals surface area contributed by atoms with Gasteiger partial charge in [-0.3, -0.25) is 14.5 Å². The number of hydrogen-bond acceptors (Lipinski definition) is 5. The van der Waals surface area contributed by atoms with Crippen molar-refractivity contribution < 1.29 is 23.1 Å². The van der Waals surface area contributed by atoms with E-state index in [9.17, 15) is 18.4 Å². The van der Waals surface area contributed by atoms with Crippen LogP contribution >= 0.6 is 11.8 Å². The number of nitrogens with one attached hydrogen (secondary N) is 1. The standard InChI is InChI=1S/C26H23F2N3O3S/c1-34-20-12-10-19(11-13-20)29-25(33)23-16-24(32)31(15-14-17-6-8-18(27)9-7-17)26(35-23)30-22-5-3-2-4-21(22)28/h2-13,23H,14-16H2,1H3,(H,29,33). The Kier molecular flexibility index (Phi) is 7.77. The lowest BCUT2D eigenvalue weighted by Gasteiger charge is -2.32. The van der Waals surface area contributed by atoms with Gasteiger partial charge in [-0.15, -0.1) is 0 Å². The number of methoxy groups -OCH3 is 1. The first-order chi connectivity index (χ1) is 16.9. The molecule has 1 N–H and O–H groups in total. The zero-order valence-electron chi connectivity index (χ0n) is 18.9. The van der Waals surface area contributed by atoms with E-state index in [4.69, 9.17) is 4.74 Å². The van der Waals surface area contributed by atoms with E-state index in [0.29, 0.717) is 17.9 Å². The van der Waals surface area contributed by atoms with Crippen LogP contribution in [0.5, 0.6) is 5.75 Å². The maximum absolute atomic E-state index is 14.3. The molecule has 35 heavy (non-hydrogen) atoms. The summed E-state index contributed by atoms with van der Waals surface area (Å²) >= 11 is 1.11. The highest BCUT2D eigenvalue weighted by Gasteiger charge is 2.36. The largest absolute Gasteiger partial charge is 0.497 e. The number of nitrogens with zero attached hydrogens (tertiary/aromatic N) is 2. The van der Waals surface area contributed by atoms with Crippen LogP contribution in [-0.4, -0.2) is 40.8 Å². The molecule has 0 radical (unpaired) electrons. The van der Waals surface area contributed by atoms with E-state index < -0.39 is 11.1 Å². The van der Waals surface area contributed by atoms with Crippen molar-refractivity contribution in [3.63, 3.8) is 0 Å². The maximum atomic E-state index is 14.3. The Morgan fingerprint density at radius 3 is 2.49 bits per heavy atom. The van der Waals surface area contributed by atoms with Crippen LogP contribution in [0.2, 0.25) is 0 Å². The lowest BCUT2D eigenvalue weighted by Crippen LogP contribution is -2.46. The molecule has 1 aliphatic rings. The highest BCUT2D eigenvalue weighted by atomic mass is 32.2. The van der Waals surface area contributed by atoms with Crippen LogP contribution in [0.3, 0.4) is 0 Å². The number of ether oxygens (including phenoxy) is 1. The number of para-hydroxylation sites is 1. The molecule has 1 atom stereocenters. The molecule has 1 unspecified atom stereocenters. The molecule has 2 amide bonds. The van der Waals surface area contributed by atoms with Gasteiger partial charge in [-0.25, -0.2) is 13.8 Å². The minimum atomic E-state index is -0.739. The molecule has 0 aromatic heterocycles. The number of carbonyl (C=O) groups excluding carboxylic acids is 2. The zero-order valence-corrected chi connectivity index (χ0v) is 19.7. The van der Waals surface area contributed by atoms with Gasteiger partial charge in [0.1, 0.15) is 28.3 Å². The Morgan fingerprint density at radius 1 is 1.09 bits per heavy atom. The van der Waals surface area contributed by atoms with Gasteiger partial charge in [0.05, 0.1) is 7.11 Å². The first-order valence-corrected chi connectivity index (χ1v) is 11.8. The van der Waals surface area contributed by atoms with Crippen molar-refractivity contribution in [1.29, 1.82) is 0 Å². The molecule has 1 fully saturated rings. The molecule has 4 rings (SSSR count). The molecule has 180 valence electrons. The number of thioether (sulfide) groups is 1. The summed E-state index contributed by atoms with van der Waals surface area (Å²) in [6, 6.07) is 18.8. The van der Waals surface area contributed by atoms with Crippen LogP contribution in [0.25, 0.3) is 0 Å². The third kappa shape index (κ3) is 6.24. The molecule has 9 heteroatoms. The summed E-state index contributed by atoms with van der Waals surface area (Å²) in [7, 11) is 1.55. The molecule has 6 nitrogen and oxygen atoms in total. The molecule has 0 bridgehead atoms. The van der Waals surface area contributed by atoms with Crippen molar-refractivity contribution in [1.82, 2.24) is 4.90 Å². The molecule has 1 heterocycles. The predicted molar refractivity (Wildman–Crippen MR) is 133 cm³/mol. The minimum absolute atomic E-state index is 0.0354. The fourth-order valence-corrected chi connectivity index (χ4v) is 4.61. The van der Waals surface area contributed by atoms with Crippen LogP contribution < -0.4 is 10.1 Å². The second-order valence-corrected chi connectivity index (χ2v) is 8.97. The molecular formula is C26H23F2N3O3S. The van der Waals surface area contributed by atoms with E-state index in [2.05, 4.69) is 10.3 Å². The van der Waals surface area contributed by atoms with Crippen LogP contribution in [0.15, 0.2) is 77.8 Å². The summed E-state index contributed by atoms with van der Waals surface area (Å²) in [5.74, 6) is -0.868. The number of halogens is 2. The first kappa shape index (κ1) is 24.4. The van der Waals surface area contributed by atoms with Crippen LogP contribution in [0.4, 0.5) is 20.2 Å². The first-order valence-electron chi connectivity index (χ1n) is 10.9. The van der Waals surface area contributed by atoms with Gasteiger partial charge < -0.3 is 10.1 Å². The van der Waals surface area contributed by atoms with E-state index >= 15 is 0 Å². The van der Waals surface area contributed by atoms with Gasteiger partial charge in [-0.2, -0.15) is 0 Å². The van der Waals surface area contributed by atoms with Gasteiger partial charge >= 0.3 is 0 Å². The summed E-state index contributed by atoms with van der Waals surface area (Å²) in [6.45, 7) is 0.261. The van der Waals surface area contributed by atoms with Crippen LogP contribution in [0.1, 0.15) is 12.0 Å². The number of amides is 2. The summed E-state index contributed by atoms with van der Waals surface area (Å²) in [5.41, 5.74) is 1.48. The van der Waals surface area contributed by atoms with E-state index in [-0.39, 0.29) is 41.5 Å². The molecule has 0 spiro atoms. The van der Waals surface area contributed by atoms with Gasteiger partial charge in [0, 0.05) is 18.7 Å². The quantitative estimate of drug-likeness (QED) is 0.491. The average molecular weight is 496 g/mol. The third-order valence-electron chi connectivity index (χ3n) is 5.40. The van der Waals surface area contributed by atoms with Crippen molar-refractivity contribution in [2.45, 2.75) is 18.1 Å².